The Morgan fingerprint density at radius 3 is 2.47 bits per heavy atom. The molecule has 1 aromatic rings. The SMILES string of the molecule is NCC1(Cc2ccc(Cl)c(Cl)c2)COC1. The van der Waals surface area contributed by atoms with Crippen molar-refractivity contribution < 1.29 is 4.74 Å². The van der Waals surface area contributed by atoms with Gasteiger partial charge in [-0.2, -0.15) is 0 Å². The maximum atomic E-state index is 5.95. The van der Waals surface area contributed by atoms with Crippen molar-refractivity contribution in [3.05, 3.63) is 33.8 Å². The fourth-order valence-corrected chi connectivity index (χ4v) is 2.09. The molecular weight excluding hydrogens is 233 g/mol. The van der Waals surface area contributed by atoms with Gasteiger partial charge in [-0.3, -0.25) is 0 Å². The van der Waals surface area contributed by atoms with E-state index in [0.717, 1.165) is 25.2 Å². The van der Waals surface area contributed by atoms with Crippen molar-refractivity contribution in [1.29, 1.82) is 0 Å². The number of halogens is 2. The van der Waals surface area contributed by atoms with Gasteiger partial charge in [0, 0.05) is 12.0 Å². The van der Waals surface area contributed by atoms with Crippen LogP contribution in [0.2, 0.25) is 10.0 Å². The first kappa shape index (κ1) is 11.2. The molecule has 15 heavy (non-hydrogen) atoms. The zero-order valence-corrected chi connectivity index (χ0v) is 9.81. The molecule has 0 aromatic heterocycles. The Bertz CT molecular complexity index is 358. The van der Waals surface area contributed by atoms with E-state index < -0.39 is 0 Å². The van der Waals surface area contributed by atoms with Crippen LogP contribution in [0.1, 0.15) is 5.56 Å². The first-order valence-electron chi connectivity index (χ1n) is 4.87. The lowest BCUT2D eigenvalue weighted by molar-refractivity contribution is -0.106. The van der Waals surface area contributed by atoms with Gasteiger partial charge >= 0.3 is 0 Å². The van der Waals surface area contributed by atoms with Crippen LogP contribution in [0.4, 0.5) is 0 Å². The van der Waals surface area contributed by atoms with Crippen LogP contribution in [0.15, 0.2) is 18.2 Å². The number of ether oxygens (including phenoxy) is 1. The third-order valence-electron chi connectivity index (χ3n) is 2.81. The van der Waals surface area contributed by atoms with E-state index >= 15 is 0 Å². The quantitative estimate of drug-likeness (QED) is 0.889. The Morgan fingerprint density at radius 1 is 1.27 bits per heavy atom. The number of rotatable bonds is 3. The molecule has 1 aromatic carbocycles. The molecule has 2 N–H and O–H groups in total. The van der Waals surface area contributed by atoms with Crippen LogP contribution >= 0.6 is 23.2 Å². The third kappa shape index (κ3) is 2.28. The summed E-state index contributed by atoms with van der Waals surface area (Å²) < 4.78 is 5.22. The number of benzene rings is 1. The summed E-state index contributed by atoms with van der Waals surface area (Å²) in [6.07, 6.45) is 0.903. The molecule has 2 rings (SSSR count). The van der Waals surface area contributed by atoms with Crippen molar-refractivity contribution in [3.8, 4) is 0 Å². The summed E-state index contributed by atoms with van der Waals surface area (Å²) in [7, 11) is 0. The summed E-state index contributed by atoms with van der Waals surface area (Å²) in [6.45, 7) is 2.13. The fraction of sp³-hybridized carbons (Fsp3) is 0.455. The van der Waals surface area contributed by atoms with E-state index in [9.17, 15) is 0 Å². The van der Waals surface area contributed by atoms with Crippen molar-refractivity contribution in [2.75, 3.05) is 19.8 Å². The summed E-state index contributed by atoms with van der Waals surface area (Å²) in [5, 5.41) is 1.19. The molecular formula is C11H13Cl2NO. The third-order valence-corrected chi connectivity index (χ3v) is 3.55. The molecule has 0 amide bonds. The van der Waals surface area contributed by atoms with E-state index in [-0.39, 0.29) is 5.41 Å². The van der Waals surface area contributed by atoms with Gasteiger partial charge in [-0.05, 0) is 24.1 Å². The van der Waals surface area contributed by atoms with Gasteiger partial charge in [-0.15, -0.1) is 0 Å². The second kappa shape index (κ2) is 4.30. The molecule has 1 fully saturated rings. The summed E-state index contributed by atoms with van der Waals surface area (Å²) >= 11 is 11.8. The van der Waals surface area contributed by atoms with Crippen LogP contribution in [-0.2, 0) is 11.2 Å². The van der Waals surface area contributed by atoms with Crippen LogP contribution < -0.4 is 5.73 Å². The molecule has 1 aliphatic heterocycles. The van der Waals surface area contributed by atoms with Gasteiger partial charge in [0.1, 0.15) is 0 Å². The van der Waals surface area contributed by atoms with Gasteiger partial charge in [0.25, 0.3) is 0 Å². The van der Waals surface area contributed by atoms with Crippen molar-refractivity contribution >= 4 is 23.2 Å². The topological polar surface area (TPSA) is 35.2 Å². The molecule has 0 unspecified atom stereocenters. The average Bonchev–Trinajstić information content (AvgIpc) is 2.17. The molecule has 0 radical (unpaired) electrons. The van der Waals surface area contributed by atoms with Gasteiger partial charge in [-0.25, -0.2) is 0 Å². The predicted octanol–water partition coefficient (Wildman–Crippen LogP) is 2.51. The summed E-state index contributed by atoms with van der Waals surface area (Å²) in [4.78, 5) is 0. The molecule has 0 aliphatic carbocycles. The molecule has 4 heteroatoms. The molecule has 0 bridgehead atoms. The van der Waals surface area contributed by atoms with Gasteiger partial charge < -0.3 is 10.5 Å². The molecule has 2 nitrogen and oxygen atoms in total. The smallest absolute Gasteiger partial charge is 0.0595 e. The Balaban J connectivity index is 2.13. The molecule has 82 valence electrons. The zero-order valence-electron chi connectivity index (χ0n) is 8.30. The number of hydrogen-bond acceptors (Lipinski definition) is 2. The largest absolute Gasteiger partial charge is 0.380 e. The van der Waals surface area contributed by atoms with Crippen LogP contribution in [0.5, 0.6) is 0 Å². The summed E-state index contributed by atoms with van der Waals surface area (Å²) in [5.74, 6) is 0. The van der Waals surface area contributed by atoms with E-state index in [4.69, 9.17) is 33.7 Å². The van der Waals surface area contributed by atoms with Gasteiger partial charge in [0.15, 0.2) is 0 Å². The summed E-state index contributed by atoms with van der Waals surface area (Å²) in [6, 6.07) is 5.71. The fourth-order valence-electron chi connectivity index (χ4n) is 1.77. The van der Waals surface area contributed by atoms with Crippen molar-refractivity contribution in [2.45, 2.75) is 6.42 Å². The van der Waals surface area contributed by atoms with Gasteiger partial charge in [0.05, 0.1) is 23.3 Å². The lowest BCUT2D eigenvalue weighted by atomic mass is 9.80. The van der Waals surface area contributed by atoms with Crippen LogP contribution in [-0.4, -0.2) is 19.8 Å². The Morgan fingerprint density at radius 2 is 2.00 bits per heavy atom. The number of nitrogens with two attached hydrogens (primary N) is 1. The van der Waals surface area contributed by atoms with Crippen LogP contribution in [0.25, 0.3) is 0 Å². The Hall–Kier alpha value is -0.280. The highest BCUT2D eigenvalue weighted by Crippen LogP contribution is 2.32. The second-order valence-corrected chi connectivity index (χ2v) is 4.94. The van der Waals surface area contributed by atoms with Gasteiger partial charge in [-0.1, -0.05) is 29.3 Å². The van der Waals surface area contributed by atoms with Crippen molar-refractivity contribution in [1.82, 2.24) is 0 Å². The highest BCUT2D eigenvalue weighted by molar-refractivity contribution is 6.42. The standard InChI is InChI=1S/C11H13Cl2NO/c12-9-2-1-8(3-10(9)13)4-11(5-14)6-15-7-11/h1-3H,4-7,14H2. The minimum Gasteiger partial charge on any atom is -0.380 e. The monoisotopic (exact) mass is 245 g/mol. The molecule has 1 saturated heterocycles. The highest BCUT2D eigenvalue weighted by Gasteiger charge is 2.37. The maximum Gasteiger partial charge on any atom is 0.0595 e. The second-order valence-electron chi connectivity index (χ2n) is 4.12. The minimum absolute atomic E-state index is 0.108. The van der Waals surface area contributed by atoms with E-state index in [0.29, 0.717) is 16.6 Å². The van der Waals surface area contributed by atoms with E-state index in [1.54, 1.807) is 0 Å². The highest BCUT2D eigenvalue weighted by atomic mass is 35.5. The van der Waals surface area contributed by atoms with E-state index in [2.05, 4.69) is 0 Å². The van der Waals surface area contributed by atoms with E-state index in [1.807, 2.05) is 18.2 Å². The zero-order chi connectivity index (χ0) is 10.9. The molecule has 0 saturated carbocycles. The van der Waals surface area contributed by atoms with Gasteiger partial charge in [0.2, 0.25) is 0 Å². The van der Waals surface area contributed by atoms with Crippen LogP contribution in [0.3, 0.4) is 0 Å². The van der Waals surface area contributed by atoms with Crippen molar-refractivity contribution in [2.24, 2.45) is 11.1 Å². The lowest BCUT2D eigenvalue weighted by Crippen LogP contribution is -2.49. The lowest BCUT2D eigenvalue weighted by Gasteiger charge is -2.40. The molecule has 0 atom stereocenters. The first-order chi connectivity index (χ1) is 7.15. The summed E-state index contributed by atoms with van der Waals surface area (Å²) in [5.41, 5.74) is 7.02. The number of hydrogen-bond donors (Lipinski definition) is 1. The maximum absolute atomic E-state index is 5.95. The predicted molar refractivity (Wildman–Crippen MR) is 62.5 cm³/mol. The van der Waals surface area contributed by atoms with Crippen molar-refractivity contribution in [3.63, 3.8) is 0 Å². The minimum atomic E-state index is 0.108. The normalized spacial score (nSPS) is 18.6. The molecule has 1 aliphatic rings. The van der Waals surface area contributed by atoms with Crippen LogP contribution in [0, 0.1) is 5.41 Å². The first-order valence-corrected chi connectivity index (χ1v) is 5.63. The molecule has 0 spiro atoms. The Kier molecular flexibility index (Phi) is 3.21. The van der Waals surface area contributed by atoms with E-state index in [1.165, 1.54) is 0 Å². The molecule has 1 heterocycles. The average molecular weight is 246 g/mol. The Labute approximate surface area is 99.3 Å².